The van der Waals surface area contributed by atoms with Gasteiger partial charge in [-0.05, 0) is 42.0 Å². The van der Waals surface area contributed by atoms with Crippen LogP contribution in [-0.2, 0) is 4.79 Å². The number of hydrogen-bond donors (Lipinski definition) is 1. The van der Waals surface area contributed by atoms with E-state index in [0.717, 1.165) is 11.3 Å². The number of rotatable bonds is 6. The summed E-state index contributed by atoms with van der Waals surface area (Å²) in [6.07, 6.45) is 1.51. The highest BCUT2D eigenvalue weighted by molar-refractivity contribution is 6.30. The molecule has 0 fully saturated rings. The number of hydrogen-bond acceptors (Lipinski definition) is 4. The SMILES string of the molecule is COc1ccc(OCC(=O)N/N=C/c2cccc(Cl)c2)cc1. The summed E-state index contributed by atoms with van der Waals surface area (Å²) in [6.45, 7) is -0.126. The van der Waals surface area contributed by atoms with Crippen molar-refractivity contribution in [3.8, 4) is 11.5 Å². The summed E-state index contributed by atoms with van der Waals surface area (Å²) in [7, 11) is 1.58. The topological polar surface area (TPSA) is 59.9 Å². The van der Waals surface area contributed by atoms with Gasteiger partial charge in [-0.3, -0.25) is 4.79 Å². The quantitative estimate of drug-likeness (QED) is 0.658. The van der Waals surface area contributed by atoms with Gasteiger partial charge in [-0.2, -0.15) is 5.10 Å². The van der Waals surface area contributed by atoms with Crippen molar-refractivity contribution in [3.05, 3.63) is 59.1 Å². The van der Waals surface area contributed by atoms with E-state index in [-0.39, 0.29) is 12.5 Å². The number of nitrogens with zero attached hydrogens (tertiary/aromatic N) is 1. The van der Waals surface area contributed by atoms with E-state index in [1.54, 1.807) is 49.6 Å². The Balaban J connectivity index is 1.77. The maximum atomic E-state index is 11.6. The Kier molecular flexibility index (Phi) is 5.80. The number of carbonyl (C=O) groups is 1. The van der Waals surface area contributed by atoms with Crippen LogP contribution in [0.5, 0.6) is 11.5 Å². The Morgan fingerprint density at radius 2 is 1.95 bits per heavy atom. The number of halogens is 1. The predicted octanol–water partition coefficient (Wildman–Crippen LogP) is 2.88. The molecule has 0 saturated carbocycles. The van der Waals surface area contributed by atoms with Crippen molar-refractivity contribution in [1.82, 2.24) is 5.43 Å². The van der Waals surface area contributed by atoms with E-state index in [2.05, 4.69) is 10.5 Å². The van der Waals surface area contributed by atoms with E-state index >= 15 is 0 Å². The smallest absolute Gasteiger partial charge is 0.277 e. The molecule has 2 aromatic carbocycles. The molecule has 5 nitrogen and oxygen atoms in total. The van der Waals surface area contributed by atoms with E-state index in [1.807, 2.05) is 6.07 Å². The van der Waals surface area contributed by atoms with Gasteiger partial charge in [0.05, 0.1) is 13.3 Å². The van der Waals surface area contributed by atoms with Crippen LogP contribution in [0.4, 0.5) is 0 Å². The van der Waals surface area contributed by atoms with Crippen LogP contribution in [0.3, 0.4) is 0 Å². The summed E-state index contributed by atoms with van der Waals surface area (Å²) in [6, 6.07) is 14.1. The molecule has 1 amide bonds. The summed E-state index contributed by atoms with van der Waals surface area (Å²) in [5, 5.41) is 4.45. The van der Waals surface area contributed by atoms with Crippen molar-refractivity contribution in [2.24, 2.45) is 5.10 Å². The summed E-state index contributed by atoms with van der Waals surface area (Å²) >= 11 is 5.85. The second kappa shape index (κ2) is 8.05. The monoisotopic (exact) mass is 318 g/mol. The van der Waals surface area contributed by atoms with Crippen LogP contribution >= 0.6 is 11.6 Å². The molecule has 1 N–H and O–H groups in total. The molecule has 2 aromatic rings. The second-order valence-corrected chi connectivity index (χ2v) is 4.75. The van der Waals surface area contributed by atoms with Crippen LogP contribution in [0, 0.1) is 0 Å². The highest BCUT2D eigenvalue weighted by Crippen LogP contribution is 2.16. The first-order valence-corrected chi connectivity index (χ1v) is 6.89. The number of hydrazone groups is 1. The van der Waals surface area contributed by atoms with E-state index in [0.29, 0.717) is 10.8 Å². The number of amides is 1. The lowest BCUT2D eigenvalue weighted by molar-refractivity contribution is -0.123. The molecule has 0 bridgehead atoms. The fourth-order valence-electron chi connectivity index (χ4n) is 1.62. The molecule has 2 rings (SSSR count). The van der Waals surface area contributed by atoms with E-state index in [1.165, 1.54) is 6.21 Å². The zero-order chi connectivity index (χ0) is 15.8. The lowest BCUT2D eigenvalue weighted by Gasteiger charge is -2.05. The molecule has 6 heteroatoms. The first-order chi connectivity index (χ1) is 10.7. The zero-order valence-electron chi connectivity index (χ0n) is 12.0. The van der Waals surface area contributed by atoms with Gasteiger partial charge in [0.1, 0.15) is 11.5 Å². The van der Waals surface area contributed by atoms with Crippen LogP contribution in [0.2, 0.25) is 5.02 Å². The normalized spacial score (nSPS) is 10.5. The first-order valence-electron chi connectivity index (χ1n) is 6.52. The van der Waals surface area contributed by atoms with Crippen LogP contribution < -0.4 is 14.9 Å². The third-order valence-corrected chi connectivity index (χ3v) is 2.92. The van der Waals surface area contributed by atoms with Crippen molar-refractivity contribution >= 4 is 23.7 Å². The Morgan fingerprint density at radius 1 is 1.23 bits per heavy atom. The van der Waals surface area contributed by atoms with Gasteiger partial charge in [-0.25, -0.2) is 5.43 Å². The maximum Gasteiger partial charge on any atom is 0.277 e. The van der Waals surface area contributed by atoms with E-state index < -0.39 is 0 Å². The minimum absolute atomic E-state index is 0.126. The van der Waals surface area contributed by atoms with Crippen molar-refractivity contribution in [1.29, 1.82) is 0 Å². The minimum atomic E-state index is -0.353. The molecule has 114 valence electrons. The molecule has 0 aliphatic rings. The maximum absolute atomic E-state index is 11.6. The number of carbonyl (C=O) groups excluding carboxylic acids is 1. The third-order valence-electron chi connectivity index (χ3n) is 2.68. The van der Waals surface area contributed by atoms with Crippen LogP contribution in [0.25, 0.3) is 0 Å². The van der Waals surface area contributed by atoms with Crippen molar-refractivity contribution < 1.29 is 14.3 Å². The second-order valence-electron chi connectivity index (χ2n) is 4.31. The van der Waals surface area contributed by atoms with Gasteiger partial charge in [0.25, 0.3) is 5.91 Å². The predicted molar refractivity (Wildman–Crippen MR) is 85.7 cm³/mol. The first kappa shape index (κ1) is 15.9. The fraction of sp³-hybridized carbons (Fsp3) is 0.125. The van der Waals surface area contributed by atoms with Crippen LogP contribution in [-0.4, -0.2) is 25.8 Å². The fourth-order valence-corrected chi connectivity index (χ4v) is 1.82. The van der Waals surface area contributed by atoms with Gasteiger partial charge in [-0.1, -0.05) is 23.7 Å². The summed E-state index contributed by atoms with van der Waals surface area (Å²) in [5.74, 6) is 0.951. The highest BCUT2D eigenvalue weighted by atomic mass is 35.5. The number of methoxy groups -OCH3 is 1. The lowest BCUT2D eigenvalue weighted by Crippen LogP contribution is -2.24. The van der Waals surface area contributed by atoms with E-state index in [4.69, 9.17) is 21.1 Å². The number of ether oxygens (including phenoxy) is 2. The average Bonchev–Trinajstić information content (AvgIpc) is 2.53. The largest absolute Gasteiger partial charge is 0.497 e. The average molecular weight is 319 g/mol. The lowest BCUT2D eigenvalue weighted by atomic mass is 10.2. The Bertz CT molecular complexity index is 657. The Morgan fingerprint density at radius 3 is 2.64 bits per heavy atom. The van der Waals surface area contributed by atoms with Crippen LogP contribution in [0.15, 0.2) is 53.6 Å². The molecule has 0 aromatic heterocycles. The molecule has 0 atom stereocenters. The van der Waals surface area contributed by atoms with Gasteiger partial charge < -0.3 is 9.47 Å². The molecule has 0 heterocycles. The summed E-state index contributed by atoms with van der Waals surface area (Å²) < 4.78 is 10.4. The molecule has 0 aliphatic carbocycles. The molecule has 0 radical (unpaired) electrons. The van der Waals surface area contributed by atoms with Crippen molar-refractivity contribution in [2.45, 2.75) is 0 Å². The third kappa shape index (κ3) is 5.10. The van der Waals surface area contributed by atoms with Gasteiger partial charge in [0, 0.05) is 5.02 Å². The minimum Gasteiger partial charge on any atom is -0.497 e. The van der Waals surface area contributed by atoms with E-state index in [9.17, 15) is 4.79 Å². The Labute approximate surface area is 133 Å². The molecular formula is C16H15ClN2O3. The van der Waals surface area contributed by atoms with Gasteiger partial charge in [-0.15, -0.1) is 0 Å². The highest BCUT2D eigenvalue weighted by Gasteiger charge is 2.01. The summed E-state index contributed by atoms with van der Waals surface area (Å²) in [5.41, 5.74) is 3.18. The number of benzene rings is 2. The molecule has 0 aliphatic heterocycles. The molecular weight excluding hydrogens is 304 g/mol. The molecule has 0 unspecified atom stereocenters. The zero-order valence-corrected chi connectivity index (χ0v) is 12.7. The van der Waals surface area contributed by atoms with Gasteiger partial charge >= 0.3 is 0 Å². The molecule has 0 saturated heterocycles. The summed E-state index contributed by atoms with van der Waals surface area (Å²) in [4.78, 5) is 11.6. The van der Waals surface area contributed by atoms with Gasteiger partial charge in [0.15, 0.2) is 6.61 Å². The van der Waals surface area contributed by atoms with Gasteiger partial charge in [0.2, 0.25) is 0 Å². The van der Waals surface area contributed by atoms with Crippen LogP contribution in [0.1, 0.15) is 5.56 Å². The standard InChI is InChI=1S/C16H15ClN2O3/c1-21-14-5-7-15(8-6-14)22-11-16(20)19-18-10-12-3-2-4-13(17)9-12/h2-10H,11H2,1H3,(H,19,20)/b18-10+. The Hall–Kier alpha value is -2.53. The van der Waals surface area contributed by atoms with Crippen molar-refractivity contribution in [3.63, 3.8) is 0 Å². The van der Waals surface area contributed by atoms with Crippen molar-refractivity contribution in [2.75, 3.05) is 13.7 Å². The number of nitrogens with one attached hydrogen (secondary N) is 1. The molecule has 22 heavy (non-hydrogen) atoms. The molecule has 0 spiro atoms.